The maximum atomic E-state index is 9.60. The zero-order valence-electron chi connectivity index (χ0n) is 15.2. The van der Waals surface area contributed by atoms with Gasteiger partial charge in [-0.1, -0.05) is 13.8 Å². The third kappa shape index (κ3) is 24.5. The lowest BCUT2D eigenvalue weighted by atomic mass is 10.1. The van der Waals surface area contributed by atoms with Crippen LogP contribution in [0.5, 0.6) is 0 Å². The molecule has 0 bridgehead atoms. The highest BCUT2D eigenvalue weighted by Crippen LogP contribution is 2.10. The Morgan fingerprint density at radius 3 is 1.76 bits per heavy atom. The van der Waals surface area contributed by atoms with E-state index in [0.29, 0.717) is 12.6 Å². The summed E-state index contributed by atoms with van der Waals surface area (Å²) in [5.41, 5.74) is -0.318. The predicted molar refractivity (Wildman–Crippen MR) is 90.2 cm³/mol. The van der Waals surface area contributed by atoms with Crippen LogP contribution in [0.4, 0.5) is 0 Å². The van der Waals surface area contributed by atoms with Crippen molar-refractivity contribution in [3.63, 3.8) is 0 Å². The van der Waals surface area contributed by atoms with Crippen molar-refractivity contribution in [2.75, 3.05) is 27.2 Å². The predicted octanol–water partition coefficient (Wildman–Crippen LogP) is 3.37. The molecule has 1 rings (SSSR count). The van der Waals surface area contributed by atoms with E-state index in [1.54, 1.807) is 14.0 Å². The molecule has 1 fully saturated rings. The topological polar surface area (TPSA) is 62.6 Å². The van der Waals surface area contributed by atoms with Crippen molar-refractivity contribution >= 4 is 12.7 Å². The summed E-state index contributed by atoms with van der Waals surface area (Å²) >= 11 is 0. The van der Waals surface area contributed by atoms with Gasteiger partial charge < -0.3 is 19.8 Å². The summed E-state index contributed by atoms with van der Waals surface area (Å²) in [5, 5.41) is 6.08. The number of hydrogen-bond donors (Lipinski definition) is 1. The van der Waals surface area contributed by atoms with Crippen LogP contribution in [0.2, 0.25) is 0 Å². The summed E-state index contributed by atoms with van der Waals surface area (Å²) in [6.07, 6.45) is 4.18. The molecule has 1 saturated heterocycles. The van der Waals surface area contributed by atoms with Gasteiger partial charge >= 0.3 is 0 Å². The highest BCUT2D eigenvalue weighted by Gasteiger charge is 2.14. The zero-order chi connectivity index (χ0) is 17.3. The summed E-state index contributed by atoms with van der Waals surface area (Å²) in [5.74, 6) is 0. The van der Waals surface area contributed by atoms with Gasteiger partial charge in [0, 0.05) is 20.2 Å². The number of rotatable bonds is 2. The lowest BCUT2D eigenvalue weighted by Gasteiger charge is -2.27. The van der Waals surface area contributed by atoms with Gasteiger partial charge in [-0.25, -0.2) is 0 Å². The van der Waals surface area contributed by atoms with Gasteiger partial charge in [0.25, 0.3) is 6.47 Å². The summed E-state index contributed by atoms with van der Waals surface area (Å²) in [7, 11) is 3.96. The van der Waals surface area contributed by atoms with Crippen LogP contribution in [0.3, 0.4) is 0 Å². The van der Waals surface area contributed by atoms with Gasteiger partial charge in [-0.15, -0.1) is 0 Å². The number of hydrogen-bond acceptors (Lipinski definition) is 5. The minimum atomic E-state index is -0.318. The second-order valence-corrected chi connectivity index (χ2v) is 5.35. The van der Waals surface area contributed by atoms with E-state index < -0.39 is 0 Å². The fraction of sp³-hybridized carbons (Fsp3) is 0.875. The molecule has 0 aromatic carbocycles. The number of nitrogens with zero attached hydrogens (tertiary/aromatic N) is 1. The Labute approximate surface area is 131 Å². The number of carbonyl (C=O) groups is 1. The quantitative estimate of drug-likeness (QED) is 0.627. The Kier molecular flexibility index (Phi) is 20.4. The SMILES string of the molecule is CC.CC(C)(C)OC=O.CC=N.COC1CCN(C)CC1. The molecular weight excluding hydrogens is 268 g/mol. The number of piperidine rings is 1. The number of carbonyl (C=O) groups excluding carboxylic acids is 1. The average Bonchev–Trinajstić information content (AvgIpc) is 2.42. The minimum absolute atomic E-state index is 0.318. The van der Waals surface area contributed by atoms with Crippen molar-refractivity contribution in [3.8, 4) is 0 Å². The summed E-state index contributed by atoms with van der Waals surface area (Å²) in [4.78, 5) is 11.9. The summed E-state index contributed by atoms with van der Waals surface area (Å²) < 4.78 is 9.76. The van der Waals surface area contributed by atoms with Crippen LogP contribution in [-0.2, 0) is 14.3 Å². The van der Waals surface area contributed by atoms with Crippen LogP contribution in [-0.4, -0.2) is 56.5 Å². The molecule has 1 heterocycles. The molecule has 21 heavy (non-hydrogen) atoms. The largest absolute Gasteiger partial charge is 0.462 e. The average molecular weight is 304 g/mol. The minimum Gasteiger partial charge on any atom is -0.462 e. The zero-order valence-corrected chi connectivity index (χ0v) is 15.2. The molecular formula is C16H36N2O3. The van der Waals surface area contributed by atoms with E-state index in [2.05, 4.69) is 16.7 Å². The molecule has 0 spiro atoms. The Morgan fingerprint density at radius 2 is 1.57 bits per heavy atom. The van der Waals surface area contributed by atoms with E-state index in [9.17, 15) is 4.79 Å². The molecule has 5 heteroatoms. The lowest BCUT2D eigenvalue weighted by molar-refractivity contribution is -0.138. The molecule has 0 atom stereocenters. The molecule has 5 nitrogen and oxygen atoms in total. The van der Waals surface area contributed by atoms with Crippen molar-refractivity contribution in [1.82, 2.24) is 4.90 Å². The van der Waals surface area contributed by atoms with Crippen LogP contribution in [0.1, 0.15) is 54.4 Å². The molecule has 1 aliphatic rings. The molecule has 0 unspecified atom stereocenters. The molecule has 0 aromatic rings. The molecule has 1 aliphatic heterocycles. The normalized spacial score (nSPS) is 15.0. The number of likely N-dealkylation sites (tertiary alicyclic amines) is 1. The Balaban J connectivity index is -0.000000242. The fourth-order valence-electron chi connectivity index (χ4n) is 1.36. The smallest absolute Gasteiger partial charge is 0.293 e. The van der Waals surface area contributed by atoms with E-state index in [4.69, 9.17) is 10.1 Å². The lowest BCUT2D eigenvalue weighted by Crippen LogP contribution is -2.33. The van der Waals surface area contributed by atoms with Gasteiger partial charge in [0.05, 0.1) is 6.10 Å². The van der Waals surface area contributed by atoms with E-state index in [-0.39, 0.29) is 5.60 Å². The highest BCUT2D eigenvalue weighted by molar-refractivity contribution is 5.48. The number of nitrogens with one attached hydrogen (secondary N) is 1. The van der Waals surface area contributed by atoms with Gasteiger partial charge in [0.15, 0.2) is 0 Å². The van der Waals surface area contributed by atoms with E-state index in [0.717, 1.165) is 0 Å². The molecule has 1 N–H and O–H groups in total. The van der Waals surface area contributed by atoms with Crippen LogP contribution >= 0.6 is 0 Å². The molecule has 0 saturated carbocycles. The summed E-state index contributed by atoms with van der Waals surface area (Å²) in [6.45, 7) is 14.0. The van der Waals surface area contributed by atoms with Crippen molar-refractivity contribution < 1.29 is 14.3 Å². The Bertz CT molecular complexity index is 220. The van der Waals surface area contributed by atoms with Gasteiger partial charge in [0.2, 0.25) is 0 Å². The molecule has 0 radical (unpaired) electrons. The van der Waals surface area contributed by atoms with Crippen LogP contribution in [0.25, 0.3) is 0 Å². The highest BCUT2D eigenvalue weighted by atomic mass is 16.5. The molecule has 0 aliphatic carbocycles. The van der Waals surface area contributed by atoms with Crippen LogP contribution in [0.15, 0.2) is 0 Å². The summed E-state index contributed by atoms with van der Waals surface area (Å²) in [6, 6.07) is 0. The van der Waals surface area contributed by atoms with Crippen molar-refractivity contribution in [2.45, 2.75) is 66.1 Å². The van der Waals surface area contributed by atoms with Crippen LogP contribution < -0.4 is 0 Å². The monoisotopic (exact) mass is 304 g/mol. The number of ether oxygens (including phenoxy) is 2. The first-order valence-electron chi connectivity index (χ1n) is 7.58. The van der Waals surface area contributed by atoms with Gasteiger partial charge in [-0.3, -0.25) is 4.79 Å². The van der Waals surface area contributed by atoms with E-state index >= 15 is 0 Å². The van der Waals surface area contributed by atoms with Gasteiger partial charge in [0.1, 0.15) is 5.60 Å². The van der Waals surface area contributed by atoms with E-state index in [1.165, 1.54) is 32.1 Å². The Hall–Kier alpha value is -0.940. The van der Waals surface area contributed by atoms with Crippen molar-refractivity contribution in [2.24, 2.45) is 0 Å². The first-order valence-corrected chi connectivity index (χ1v) is 7.58. The second kappa shape index (κ2) is 17.1. The fourth-order valence-corrected chi connectivity index (χ4v) is 1.36. The molecule has 128 valence electrons. The Morgan fingerprint density at radius 1 is 1.19 bits per heavy atom. The van der Waals surface area contributed by atoms with Crippen molar-refractivity contribution in [1.29, 1.82) is 5.41 Å². The maximum Gasteiger partial charge on any atom is 0.293 e. The molecule has 0 aromatic heterocycles. The first-order chi connectivity index (χ1) is 9.80. The maximum absolute atomic E-state index is 9.60. The standard InChI is InChI=1S/C7H15NO.C5H10O2.C2H5N.C2H6/c1-8-5-3-7(9-2)4-6-8;1-5(2,3)7-4-6;1-2-3;1-2/h7H,3-6H2,1-2H3;4H,1-3H3;2-3H,1H3;1-2H3. The first kappa shape index (κ1) is 25.0. The third-order valence-electron chi connectivity index (χ3n) is 2.40. The van der Waals surface area contributed by atoms with Crippen molar-refractivity contribution in [3.05, 3.63) is 0 Å². The van der Waals surface area contributed by atoms with Gasteiger partial charge in [-0.05, 0) is 53.8 Å². The van der Waals surface area contributed by atoms with Gasteiger partial charge in [-0.2, -0.15) is 0 Å². The second-order valence-electron chi connectivity index (χ2n) is 5.35. The molecule has 0 amide bonds. The van der Waals surface area contributed by atoms with Crippen LogP contribution in [0, 0.1) is 5.41 Å². The van der Waals surface area contributed by atoms with E-state index in [1.807, 2.05) is 34.6 Å². The number of methoxy groups -OCH3 is 1. The third-order valence-corrected chi connectivity index (χ3v) is 2.40.